The van der Waals surface area contributed by atoms with E-state index in [1.807, 2.05) is 33.1 Å². The Kier molecular flexibility index (Phi) is 15.6. The maximum absolute atomic E-state index is 9.05. The van der Waals surface area contributed by atoms with Crippen molar-refractivity contribution in [2.45, 2.75) is 34.3 Å². The largest absolute Gasteiger partial charge is 0.470 e. The highest BCUT2D eigenvalue weighted by Crippen LogP contribution is 2.18. The summed E-state index contributed by atoms with van der Waals surface area (Å²) in [6.45, 7) is 8.73. The van der Waals surface area contributed by atoms with E-state index in [1.54, 1.807) is 6.07 Å². The van der Waals surface area contributed by atoms with Crippen molar-refractivity contribution < 1.29 is 19.8 Å². The molecule has 0 fully saturated rings. The molecule has 1 aliphatic rings. The minimum absolute atomic E-state index is 0.0879. The van der Waals surface area contributed by atoms with E-state index in [-0.39, 0.29) is 18.2 Å². The molecule has 0 saturated carbocycles. The number of oxime groups is 1. The van der Waals surface area contributed by atoms with E-state index in [2.05, 4.69) is 5.16 Å². The van der Waals surface area contributed by atoms with Crippen molar-refractivity contribution in [3.8, 4) is 0 Å². The Balaban J connectivity index is 0. The summed E-state index contributed by atoms with van der Waals surface area (Å²) in [4.78, 5) is 5.51. The van der Waals surface area contributed by atoms with Gasteiger partial charge in [0.2, 0.25) is 0 Å². The smallest absolute Gasteiger partial charge is 0.277 e. The number of rotatable bonds is 3. The van der Waals surface area contributed by atoms with Gasteiger partial charge in [0, 0.05) is 7.11 Å². The van der Waals surface area contributed by atoms with Gasteiger partial charge in [-0.05, 0) is 22.2 Å². The third kappa shape index (κ3) is 7.22. The molecule has 0 spiro atoms. The van der Waals surface area contributed by atoms with Gasteiger partial charge in [-0.2, -0.15) is 0 Å². The van der Waals surface area contributed by atoms with Gasteiger partial charge in [-0.15, -0.1) is 11.3 Å². The number of ether oxygens (including phenoxy) is 1. The number of nitrogens with one attached hydrogen (secondary N) is 1. The van der Waals surface area contributed by atoms with Crippen LogP contribution in [-0.4, -0.2) is 42.1 Å². The maximum atomic E-state index is 9.05. The summed E-state index contributed by atoms with van der Waals surface area (Å²) in [5, 5.41) is 29.4. The quantitative estimate of drug-likeness (QED) is 0.747. The lowest BCUT2D eigenvalue weighted by atomic mass is 10.2. The summed E-state index contributed by atoms with van der Waals surface area (Å²) in [6.07, 6.45) is 0. The molecule has 0 bridgehead atoms. The molecule has 122 valence electrons. The van der Waals surface area contributed by atoms with E-state index >= 15 is 0 Å². The molecule has 0 aliphatic carbocycles. The third-order valence-electron chi connectivity index (χ3n) is 1.92. The normalized spacial score (nSPS) is 11.7. The topological polar surface area (TPSA) is 95.1 Å². The van der Waals surface area contributed by atoms with Crippen LogP contribution in [0.5, 0.6) is 0 Å². The standard InChI is InChI=1S/C9H10N2O3S.2C2H6.CH4O/c10-7(9-11-14-3-2-13-9)8-6(5-12)1-4-15-8;3*1-2/h1,4,10,12H,2-3,5H2;2*1-2H3;2H,1H3. The van der Waals surface area contributed by atoms with Gasteiger partial charge < -0.3 is 19.8 Å². The number of aliphatic hydroxyl groups is 2. The second-order valence-corrected chi connectivity index (χ2v) is 3.80. The van der Waals surface area contributed by atoms with Gasteiger partial charge in [-0.1, -0.05) is 27.7 Å². The molecular weight excluding hydrogens is 292 g/mol. The van der Waals surface area contributed by atoms with Crippen LogP contribution >= 0.6 is 11.3 Å². The van der Waals surface area contributed by atoms with Gasteiger partial charge in [-0.3, -0.25) is 5.41 Å². The maximum Gasteiger partial charge on any atom is 0.277 e. The second kappa shape index (κ2) is 15.0. The molecule has 2 heterocycles. The van der Waals surface area contributed by atoms with E-state index in [0.717, 1.165) is 7.11 Å². The Hall–Kier alpha value is -1.44. The zero-order valence-electron chi connectivity index (χ0n) is 13.3. The van der Waals surface area contributed by atoms with E-state index in [9.17, 15) is 0 Å². The summed E-state index contributed by atoms with van der Waals surface area (Å²) >= 11 is 1.37. The summed E-state index contributed by atoms with van der Waals surface area (Å²) in [7, 11) is 1.00. The Morgan fingerprint density at radius 3 is 2.38 bits per heavy atom. The van der Waals surface area contributed by atoms with Gasteiger partial charge >= 0.3 is 0 Å². The molecule has 21 heavy (non-hydrogen) atoms. The predicted octanol–water partition coefficient (Wildman–Crippen LogP) is 2.63. The molecule has 0 saturated heterocycles. The van der Waals surface area contributed by atoms with Gasteiger partial charge in [-0.25, -0.2) is 0 Å². The number of aliphatic hydroxyl groups excluding tert-OH is 2. The Morgan fingerprint density at radius 2 is 1.90 bits per heavy atom. The minimum atomic E-state index is -0.0879. The first-order valence-electron chi connectivity index (χ1n) is 6.87. The number of nitrogens with zero attached hydrogens (tertiary/aromatic N) is 1. The molecule has 1 aliphatic heterocycles. The average Bonchev–Trinajstić information content (AvgIpc) is 3.09. The lowest BCUT2D eigenvalue weighted by molar-refractivity contribution is 0.0676. The Labute approximate surface area is 130 Å². The zero-order chi connectivity index (χ0) is 16.7. The summed E-state index contributed by atoms with van der Waals surface area (Å²) in [6, 6.07) is 1.78. The Morgan fingerprint density at radius 1 is 1.29 bits per heavy atom. The molecule has 0 aromatic carbocycles. The van der Waals surface area contributed by atoms with E-state index in [4.69, 9.17) is 25.2 Å². The molecule has 7 heteroatoms. The summed E-state index contributed by atoms with van der Waals surface area (Å²) in [5.74, 6) is 0.179. The van der Waals surface area contributed by atoms with Crippen molar-refractivity contribution in [3.63, 3.8) is 0 Å². The first-order valence-corrected chi connectivity index (χ1v) is 7.75. The van der Waals surface area contributed by atoms with Gasteiger partial charge in [0.15, 0.2) is 6.61 Å². The Bertz CT molecular complexity index is 405. The highest BCUT2D eigenvalue weighted by atomic mass is 32.1. The van der Waals surface area contributed by atoms with Crippen LogP contribution in [0.4, 0.5) is 0 Å². The summed E-state index contributed by atoms with van der Waals surface area (Å²) < 4.78 is 5.19. The van der Waals surface area contributed by atoms with Crippen LogP contribution < -0.4 is 0 Å². The third-order valence-corrected chi connectivity index (χ3v) is 2.89. The van der Waals surface area contributed by atoms with Crippen molar-refractivity contribution >= 4 is 22.9 Å². The fourth-order valence-corrected chi connectivity index (χ4v) is 2.06. The molecule has 3 N–H and O–H groups in total. The molecule has 1 aromatic heterocycles. The first kappa shape index (κ1) is 21.9. The molecule has 0 atom stereocenters. The lowest BCUT2D eigenvalue weighted by Gasteiger charge is -2.13. The molecule has 0 unspecified atom stereocenters. The van der Waals surface area contributed by atoms with Crippen LogP contribution in [0.3, 0.4) is 0 Å². The van der Waals surface area contributed by atoms with Crippen LogP contribution in [0.25, 0.3) is 0 Å². The van der Waals surface area contributed by atoms with Crippen molar-refractivity contribution in [2.75, 3.05) is 20.3 Å². The van der Waals surface area contributed by atoms with E-state index in [1.165, 1.54) is 11.3 Å². The van der Waals surface area contributed by atoms with Crippen molar-refractivity contribution in [3.05, 3.63) is 21.9 Å². The summed E-state index contributed by atoms with van der Waals surface area (Å²) in [5.41, 5.74) is 0.871. The number of hydrogen-bond donors (Lipinski definition) is 3. The fraction of sp³-hybridized carbons (Fsp3) is 0.571. The van der Waals surface area contributed by atoms with E-state index < -0.39 is 0 Å². The van der Waals surface area contributed by atoms with Gasteiger partial charge in [0.25, 0.3) is 5.90 Å². The lowest BCUT2D eigenvalue weighted by Crippen LogP contribution is -2.24. The minimum Gasteiger partial charge on any atom is -0.470 e. The first-order chi connectivity index (χ1) is 10.3. The SMILES string of the molecule is CC.CC.CO.N=C(C1=NOCCO1)c1sccc1CO. The van der Waals surface area contributed by atoms with E-state index in [0.29, 0.717) is 23.7 Å². The van der Waals surface area contributed by atoms with Crippen molar-refractivity contribution in [1.29, 1.82) is 5.41 Å². The predicted molar refractivity (Wildman–Crippen MR) is 87.2 cm³/mol. The van der Waals surface area contributed by atoms with Crippen LogP contribution in [-0.2, 0) is 16.2 Å². The number of hydrogen-bond acceptors (Lipinski definition) is 7. The van der Waals surface area contributed by atoms with Gasteiger partial charge in [0.1, 0.15) is 12.3 Å². The molecule has 0 amide bonds. The molecule has 6 nitrogen and oxygen atoms in total. The fourth-order valence-electron chi connectivity index (χ4n) is 1.20. The molecule has 0 radical (unpaired) electrons. The van der Waals surface area contributed by atoms with Crippen molar-refractivity contribution in [1.82, 2.24) is 0 Å². The van der Waals surface area contributed by atoms with Gasteiger partial charge in [0.05, 0.1) is 11.5 Å². The monoisotopic (exact) mass is 318 g/mol. The molecular formula is C14H26N2O4S. The zero-order valence-corrected chi connectivity index (χ0v) is 14.2. The van der Waals surface area contributed by atoms with Crippen LogP contribution in [0, 0.1) is 5.41 Å². The highest BCUT2D eigenvalue weighted by molar-refractivity contribution is 7.13. The van der Waals surface area contributed by atoms with Crippen LogP contribution in [0.2, 0.25) is 0 Å². The van der Waals surface area contributed by atoms with Crippen LogP contribution in [0.15, 0.2) is 16.6 Å². The molecule has 1 aromatic rings. The van der Waals surface area contributed by atoms with Crippen molar-refractivity contribution in [2.24, 2.45) is 5.16 Å². The highest BCUT2D eigenvalue weighted by Gasteiger charge is 2.19. The molecule has 2 rings (SSSR count). The van der Waals surface area contributed by atoms with Crippen LogP contribution in [0.1, 0.15) is 38.1 Å². The number of thiophene rings is 1. The average molecular weight is 318 g/mol. The second-order valence-electron chi connectivity index (χ2n) is 2.89.